The number of anilines is 2. The van der Waals surface area contributed by atoms with Crippen molar-refractivity contribution in [2.24, 2.45) is 0 Å². The van der Waals surface area contributed by atoms with Gasteiger partial charge in [0.25, 0.3) is 5.91 Å². The summed E-state index contributed by atoms with van der Waals surface area (Å²) in [5, 5.41) is 3.16. The van der Waals surface area contributed by atoms with Crippen molar-refractivity contribution in [3.8, 4) is 11.5 Å². The number of fused-ring (bicyclic) bond motifs is 1. The summed E-state index contributed by atoms with van der Waals surface area (Å²) in [6.45, 7) is 4.08. The molecule has 0 unspecified atom stereocenters. The van der Waals surface area contributed by atoms with Gasteiger partial charge in [0.2, 0.25) is 10.0 Å². The molecule has 0 saturated carbocycles. The van der Waals surface area contributed by atoms with Gasteiger partial charge in [0.05, 0.1) is 11.9 Å². The number of nitrogens with zero attached hydrogens (tertiary/aromatic N) is 1. The van der Waals surface area contributed by atoms with Gasteiger partial charge in [0, 0.05) is 23.7 Å². The second-order valence-electron chi connectivity index (χ2n) is 6.46. The minimum atomic E-state index is -3.56. The molecule has 29 heavy (non-hydrogen) atoms. The van der Waals surface area contributed by atoms with E-state index in [2.05, 4.69) is 11.9 Å². The van der Waals surface area contributed by atoms with E-state index in [1.165, 1.54) is 10.4 Å². The molecule has 0 aliphatic carbocycles. The van der Waals surface area contributed by atoms with E-state index in [0.29, 0.717) is 28.8 Å². The van der Waals surface area contributed by atoms with E-state index >= 15 is 0 Å². The van der Waals surface area contributed by atoms with Gasteiger partial charge in [-0.25, -0.2) is 8.42 Å². The minimum Gasteiger partial charge on any atom is -0.490 e. The van der Waals surface area contributed by atoms with Crippen molar-refractivity contribution in [3.05, 3.63) is 60.1 Å². The van der Waals surface area contributed by atoms with E-state index in [-0.39, 0.29) is 24.6 Å². The van der Waals surface area contributed by atoms with Gasteiger partial charge in [-0.05, 0) is 42.5 Å². The molecule has 2 aromatic rings. The van der Waals surface area contributed by atoms with Crippen molar-refractivity contribution in [1.29, 1.82) is 0 Å². The number of benzene rings is 2. The molecule has 0 aromatic heterocycles. The third kappa shape index (κ3) is 5.21. The Bertz CT molecular complexity index is 1010. The molecule has 0 radical (unpaired) electrons. The van der Waals surface area contributed by atoms with E-state index in [1.807, 2.05) is 0 Å². The van der Waals surface area contributed by atoms with Crippen LogP contribution >= 0.6 is 11.6 Å². The lowest BCUT2D eigenvalue weighted by molar-refractivity contribution is -0.122. The van der Waals surface area contributed by atoms with Gasteiger partial charge in [-0.2, -0.15) is 0 Å². The van der Waals surface area contributed by atoms with Gasteiger partial charge in [-0.1, -0.05) is 24.3 Å². The molecule has 3 rings (SSSR count). The van der Waals surface area contributed by atoms with Crippen LogP contribution in [-0.4, -0.2) is 39.8 Å². The zero-order valence-electron chi connectivity index (χ0n) is 15.8. The second-order valence-corrected chi connectivity index (χ2v) is 8.80. The fourth-order valence-corrected chi connectivity index (χ4v) is 4.00. The summed E-state index contributed by atoms with van der Waals surface area (Å²) < 4.78 is 36.8. The maximum atomic E-state index is 12.7. The molecular formula is C20H21ClN2O5S. The highest BCUT2D eigenvalue weighted by atomic mass is 35.5. The number of hydrogen-bond donors (Lipinski definition) is 1. The van der Waals surface area contributed by atoms with E-state index < -0.39 is 16.1 Å². The fraction of sp³-hybridized carbons (Fsp3) is 0.250. The van der Waals surface area contributed by atoms with E-state index in [4.69, 9.17) is 21.1 Å². The highest BCUT2D eigenvalue weighted by molar-refractivity contribution is 7.92. The highest BCUT2D eigenvalue weighted by Gasteiger charge is 2.31. The third-order valence-electron chi connectivity index (χ3n) is 4.24. The minimum absolute atomic E-state index is 0.0958. The lowest BCUT2D eigenvalue weighted by atomic mass is 10.2. The summed E-state index contributed by atoms with van der Waals surface area (Å²) in [7, 11) is -3.56. The lowest BCUT2D eigenvalue weighted by Gasteiger charge is -2.21. The Morgan fingerprint density at radius 2 is 2.07 bits per heavy atom. The van der Waals surface area contributed by atoms with Crippen molar-refractivity contribution in [1.82, 2.24) is 0 Å². The number of carbonyl (C=O) groups is 1. The first-order chi connectivity index (χ1) is 13.8. The zero-order chi connectivity index (χ0) is 21.0. The topological polar surface area (TPSA) is 84.9 Å². The van der Waals surface area contributed by atoms with E-state index in [0.717, 1.165) is 6.26 Å². The fourth-order valence-electron chi connectivity index (χ4n) is 2.89. The van der Waals surface area contributed by atoms with Gasteiger partial charge in [-0.15, -0.1) is 0 Å². The Kier molecular flexibility index (Phi) is 6.34. The smallest absolute Gasteiger partial charge is 0.265 e. The molecule has 1 aliphatic rings. The maximum absolute atomic E-state index is 12.7. The van der Waals surface area contributed by atoms with Gasteiger partial charge >= 0.3 is 0 Å². The van der Waals surface area contributed by atoms with Crippen LogP contribution in [0, 0.1) is 0 Å². The van der Waals surface area contributed by atoms with Crippen LogP contribution in [-0.2, 0) is 14.8 Å². The molecule has 1 heterocycles. The van der Waals surface area contributed by atoms with Crippen molar-refractivity contribution >= 4 is 38.9 Å². The van der Waals surface area contributed by atoms with Gasteiger partial charge in [0.15, 0.2) is 6.10 Å². The molecule has 0 spiro atoms. The monoisotopic (exact) mass is 436 g/mol. The van der Waals surface area contributed by atoms with Crippen molar-refractivity contribution in [2.45, 2.75) is 12.5 Å². The summed E-state index contributed by atoms with van der Waals surface area (Å²) >= 11 is 6.02. The number of carbonyl (C=O) groups excluding carboxylic acids is 1. The van der Waals surface area contributed by atoms with Crippen LogP contribution < -0.4 is 19.1 Å². The molecular weight excluding hydrogens is 416 g/mol. The predicted molar refractivity (Wildman–Crippen MR) is 113 cm³/mol. The first-order valence-corrected chi connectivity index (χ1v) is 11.1. The average molecular weight is 437 g/mol. The summed E-state index contributed by atoms with van der Waals surface area (Å²) in [4.78, 5) is 12.7. The normalized spacial score (nSPS) is 16.2. The molecule has 1 amide bonds. The zero-order valence-corrected chi connectivity index (χ0v) is 17.4. The Morgan fingerprint density at radius 3 is 2.72 bits per heavy atom. The molecule has 2 aromatic carbocycles. The van der Waals surface area contributed by atoms with Crippen LogP contribution in [0.15, 0.2) is 55.1 Å². The van der Waals surface area contributed by atoms with Crippen LogP contribution in [0.2, 0.25) is 5.02 Å². The standard InChI is InChI=1S/C20H21ClN2O5S/c1-3-12-27-16-7-5-15(6-8-16)22-20(24)19-10-11-23(29(2,25)26)17-13-14(21)4-9-18(17)28-19/h3-9,13,19H,1,10-12H2,2H3,(H,22,24)/t19-/m1/s1. The average Bonchev–Trinajstić information content (AvgIpc) is 2.86. The summed E-state index contributed by atoms with van der Waals surface area (Å²) in [6, 6.07) is 11.6. The lowest BCUT2D eigenvalue weighted by Crippen LogP contribution is -2.35. The summed E-state index contributed by atoms with van der Waals surface area (Å²) in [5.74, 6) is 0.565. The number of halogens is 1. The first kappa shape index (κ1) is 21.0. The number of rotatable bonds is 6. The SMILES string of the molecule is C=CCOc1ccc(NC(=O)[C@H]2CCN(S(C)(=O)=O)c3cc(Cl)ccc3O2)cc1. The molecule has 0 bridgehead atoms. The molecule has 154 valence electrons. The van der Waals surface area contributed by atoms with Crippen LogP contribution in [0.3, 0.4) is 0 Å². The highest BCUT2D eigenvalue weighted by Crippen LogP contribution is 2.36. The maximum Gasteiger partial charge on any atom is 0.265 e. The largest absolute Gasteiger partial charge is 0.490 e. The van der Waals surface area contributed by atoms with Crippen LogP contribution in [0.5, 0.6) is 11.5 Å². The van der Waals surface area contributed by atoms with Crippen LogP contribution in [0.4, 0.5) is 11.4 Å². The Morgan fingerprint density at radius 1 is 1.34 bits per heavy atom. The van der Waals surface area contributed by atoms with Crippen molar-refractivity contribution < 1.29 is 22.7 Å². The Hall–Kier alpha value is -2.71. The molecule has 1 aliphatic heterocycles. The molecule has 1 N–H and O–H groups in total. The molecule has 0 saturated heterocycles. The van der Waals surface area contributed by atoms with Crippen LogP contribution in [0.1, 0.15) is 6.42 Å². The Labute approximate surface area is 174 Å². The van der Waals surface area contributed by atoms with Crippen molar-refractivity contribution in [2.75, 3.05) is 29.0 Å². The number of sulfonamides is 1. The number of ether oxygens (including phenoxy) is 2. The second kappa shape index (κ2) is 8.75. The quantitative estimate of drug-likeness (QED) is 0.701. The molecule has 9 heteroatoms. The van der Waals surface area contributed by atoms with Gasteiger partial charge in [-0.3, -0.25) is 9.10 Å². The molecule has 7 nitrogen and oxygen atoms in total. The number of hydrogen-bond acceptors (Lipinski definition) is 5. The third-order valence-corrected chi connectivity index (χ3v) is 5.65. The molecule has 0 fully saturated rings. The first-order valence-electron chi connectivity index (χ1n) is 8.86. The van der Waals surface area contributed by atoms with Gasteiger partial charge < -0.3 is 14.8 Å². The molecule has 1 atom stereocenters. The van der Waals surface area contributed by atoms with E-state index in [9.17, 15) is 13.2 Å². The van der Waals surface area contributed by atoms with Gasteiger partial charge in [0.1, 0.15) is 18.1 Å². The van der Waals surface area contributed by atoms with Crippen LogP contribution in [0.25, 0.3) is 0 Å². The summed E-state index contributed by atoms with van der Waals surface area (Å²) in [6.07, 6.45) is 2.07. The summed E-state index contributed by atoms with van der Waals surface area (Å²) in [5.41, 5.74) is 0.893. The Balaban J connectivity index is 1.77. The number of nitrogens with one attached hydrogen (secondary N) is 1. The predicted octanol–water partition coefficient (Wildman–Crippen LogP) is 3.46. The van der Waals surface area contributed by atoms with E-state index in [1.54, 1.807) is 42.5 Å². The number of amides is 1. The van der Waals surface area contributed by atoms with Crippen molar-refractivity contribution in [3.63, 3.8) is 0 Å².